The van der Waals surface area contributed by atoms with Crippen LogP contribution in [0.15, 0.2) is 23.0 Å². The van der Waals surface area contributed by atoms with E-state index in [0.717, 1.165) is 0 Å². The first-order valence-corrected chi connectivity index (χ1v) is 5.54. The Bertz CT molecular complexity index is 655. The molecule has 0 fully saturated rings. The lowest BCUT2D eigenvalue weighted by molar-refractivity contribution is 0.583. The monoisotopic (exact) mass is 270 g/mol. The zero-order valence-electron chi connectivity index (χ0n) is 9.43. The second kappa shape index (κ2) is 4.86. The van der Waals surface area contributed by atoms with Gasteiger partial charge >= 0.3 is 0 Å². The van der Waals surface area contributed by atoms with Gasteiger partial charge in [0.25, 0.3) is 5.56 Å². The number of hydrogen-bond donors (Lipinski definition) is 1. The summed E-state index contributed by atoms with van der Waals surface area (Å²) in [6.45, 7) is 1.40. The summed E-state index contributed by atoms with van der Waals surface area (Å²) in [5, 5.41) is 0.236. The lowest BCUT2D eigenvalue weighted by Crippen LogP contribution is -2.17. The highest BCUT2D eigenvalue weighted by molar-refractivity contribution is 6.31. The molecule has 0 radical (unpaired) electrons. The number of aryl methyl sites for hydroxylation is 1. The molecule has 94 valence electrons. The summed E-state index contributed by atoms with van der Waals surface area (Å²) in [6.07, 6.45) is 0.204. The van der Waals surface area contributed by atoms with Crippen molar-refractivity contribution in [2.24, 2.45) is 0 Å². The first-order chi connectivity index (χ1) is 8.47. The van der Waals surface area contributed by atoms with Gasteiger partial charge < -0.3 is 4.98 Å². The molecule has 1 heterocycles. The average Bonchev–Trinajstić information content (AvgIpc) is 2.29. The van der Waals surface area contributed by atoms with E-state index >= 15 is 0 Å². The van der Waals surface area contributed by atoms with E-state index in [9.17, 15) is 13.6 Å². The molecule has 1 aromatic heterocycles. The molecule has 1 aromatic carbocycles. The van der Waals surface area contributed by atoms with Crippen molar-refractivity contribution in [2.75, 3.05) is 0 Å². The molecule has 0 amide bonds. The van der Waals surface area contributed by atoms with E-state index in [0.29, 0.717) is 5.56 Å². The smallest absolute Gasteiger partial charge is 0.287 e. The molecule has 0 atom stereocenters. The molecule has 2 rings (SSSR count). The van der Waals surface area contributed by atoms with E-state index in [2.05, 4.69) is 9.97 Å². The van der Waals surface area contributed by atoms with Crippen molar-refractivity contribution in [1.29, 1.82) is 0 Å². The zero-order valence-corrected chi connectivity index (χ0v) is 10.2. The Balaban J connectivity index is 2.37. The molecule has 0 unspecified atom stereocenters. The van der Waals surface area contributed by atoms with E-state index in [1.165, 1.54) is 25.1 Å². The third-order valence-corrected chi connectivity index (χ3v) is 2.80. The fourth-order valence-corrected chi connectivity index (χ4v) is 1.79. The normalized spacial score (nSPS) is 10.7. The number of halogens is 3. The molecular weight excluding hydrogens is 262 g/mol. The summed E-state index contributed by atoms with van der Waals surface area (Å²) in [7, 11) is 0. The molecule has 6 heteroatoms. The Kier molecular flexibility index (Phi) is 3.43. The molecule has 18 heavy (non-hydrogen) atoms. The maximum Gasteiger partial charge on any atom is 0.287 e. The molecule has 0 aliphatic carbocycles. The summed E-state index contributed by atoms with van der Waals surface area (Å²) in [5.74, 6) is -1.06. The van der Waals surface area contributed by atoms with Crippen LogP contribution in [0.3, 0.4) is 0 Å². The second-order valence-electron chi connectivity index (χ2n) is 3.82. The van der Waals surface area contributed by atoms with Gasteiger partial charge in [0, 0.05) is 11.4 Å². The van der Waals surface area contributed by atoms with Crippen molar-refractivity contribution in [2.45, 2.75) is 13.3 Å². The molecule has 0 saturated carbocycles. The third-order valence-electron chi connectivity index (χ3n) is 2.45. The largest absolute Gasteiger partial charge is 0.308 e. The van der Waals surface area contributed by atoms with Crippen molar-refractivity contribution in [3.8, 4) is 0 Å². The Morgan fingerprint density at radius 1 is 1.39 bits per heavy atom. The van der Waals surface area contributed by atoms with Gasteiger partial charge in [-0.3, -0.25) is 4.79 Å². The minimum atomic E-state index is -0.899. The standard InChI is InChI=1S/C12H9ClF2N2O/c1-6-11(15)12(18)17-10(16-6)4-7-2-3-8(14)5-9(7)13/h2-3,5H,4H2,1H3,(H,16,17,18). The summed E-state index contributed by atoms with van der Waals surface area (Å²) in [4.78, 5) is 17.4. The van der Waals surface area contributed by atoms with E-state index in [-0.39, 0.29) is 23.0 Å². The molecule has 3 nitrogen and oxygen atoms in total. The molecule has 0 aliphatic rings. The maximum absolute atomic E-state index is 13.1. The van der Waals surface area contributed by atoms with Gasteiger partial charge in [0.15, 0.2) is 0 Å². The van der Waals surface area contributed by atoms with Crippen LogP contribution in [0.2, 0.25) is 5.02 Å². The summed E-state index contributed by atoms with van der Waals surface area (Å²) in [6, 6.07) is 3.93. The van der Waals surface area contributed by atoms with Gasteiger partial charge in [-0.25, -0.2) is 9.37 Å². The summed E-state index contributed by atoms with van der Waals surface area (Å²) in [5.41, 5.74) is -0.199. The molecule has 0 bridgehead atoms. The zero-order chi connectivity index (χ0) is 13.3. The van der Waals surface area contributed by atoms with Crippen LogP contribution in [0.1, 0.15) is 17.1 Å². The Morgan fingerprint density at radius 2 is 2.11 bits per heavy atom. The number of aromatic amines is 1. The van der Waals surface area contributed by atoms with Crippen LogP contribution >= 0.6 is 11.6 Å². The Morgan fingerprint density at radius 3 is 2.72 bits per heavy atom. The van der Waals surface area contributed by atoms with E-state index in [4.69, 9.17) is 11.6 Å². The molecule has 0 aliphatic heterocycles. The lowest BCUT2D eigenvalue weighted by Gasteiger charge is -2.05. The van der Waals surface area contributed by atoms with Crippen LogP contribution in [0, 0.1) is 18.6 Å². The highest BCUT2D eigenvalue weighted by Gasteiger charge is 2.09. The van der Waals surface area contributed by atoms with E-state index in [1.54, 1.807) is 0 Å². The van der Waals surface area contributed by atoms with Crippen molar-refractivity contribution < 1.29 is 8.78 Å². The van der Waals surface area contributed by atoms with Crippen LogP contribution in [-0.2, 0) is 6.42 Å². The number of benzene rings is 1. The van der Waals surface area contributed by atoms with Crippen LogP contribution in [0.25, 0.3) is 0 Å². The molecular formula is C12H9ClF2N2O. The average molecular weight is 271 g/mol. The van der Waals surface area contributed by atoms with Gasteiger partial charge in [-0.1, -0.05) is 17.7 Å². The predicted molar refractivity (Wildman–Crippen MR) is 63.8 cm³/mol. The first kappa shape index (κ1) is 12.7. The molecule has 2 aromatic rings. The predicted octanol–water partition coefficient (Wildman–Crippen LogP) is 2.60. The third kappa shape index (κ3) is 2.56. The minimum absolute atomic E-state index is 0.0204. The number of aromatic nitrogens is 2. The highest BCUT2D eigenvalue weighted by atomic mass is 35.5. The van der Waals surface area contributed by atoms with Crippen LogP contribution in [0.5, 0.6) is 0 Å². The maximum atomic E-state index is 13.1. The number of hydrogen-bond acceptors (Lipinski definition) is 2. The first-order valence-electron chi connectivity index (χ1n) is 5.16. The summed E-state index contributed by atoms with van der Waals surface area (Å²) < 4.78 is 26.0. The number of nitrogens with zero attached hydrogens (tertiary/aromatic N) is 1. The number of rotatable bonds is 2. The number of nitrogens with one attached hydrogen (secondary N) is 1. The van der Waals surface area contributed by atoms with Crippen LogP contribution in [-0.4, -0.2) is 9.97 Å². The number of H-pyrrole nitrogens is 1. The topological polar surface area (TPSA) is 45.8 Å². The highest BCUT2D eigenvalue weighted by Crippen LogP contribution is 2.19. The fraction of sp³-hybridized carbons (Fsp3) is 0.167. The van der Waals surface area contributed by atoms with Crippen molar-refractivity contribution in [3.05, 3.63) is 62.3 Å². The Labute approximate surface area is 106 Å². The minimum Gasteiger partial charge on any atom is -0.308 e. The van der Waals surface area contributed by atoms with E-state index in [1.807, 2.05) is 0 Å². The van der Waals surface area contributed by atoms with Gasteiger partial charge in [0.2, 0.25) is 5.82 Å². The fourth-order valence-electron chi connectivity index (χ4n) is 1.56. The van der Waals surface area contributed by atoms with Gasteiger partial charge in [0.1, 0.15) is 11.6 Å². The van der Waals surface area contributed by atoms with Crippen molar-refractivity contribution in [3.63, 3.8) is 0 Å². The molecule has 0 spiro atoms. The van der Waals surface area contributed by atoms with Crippen molar-refractivity contribution >= 4 is 11.6 Å². The van der Waals surface area contributed by atoms with E-state index < -0.39 is 17.2 Å². The SMILES string of the molecule is Cc1nc(Cc2ccc(F)cc2Cl)[nH]c(=O)c1F. The quantitative estimate of drug-likeness (QED) is 0.912. The molecule has 1 N–H and O–H groups in total. The van der Waals surface area contributed by atoms with Crippen LogP contribution in [0.4, 0.5) is 8.78 Å². The molecule has 0 saturated heterocycles. The second-order valence-corrected chi connectivity index (χ2v) is 4.23. The van der Waals surface area contributed by atoms with Crippen LogP contribution < -0.4 is 5.56 Å². The lowest BCUT2D eigenvalue weighted by atomic mass is 10.1. The van der Waals surface area contributed by atoms with Gasteiger partial charge in [-0.15, -0.1) is 0 Å². The van der Waals surface area contributed by atoms with Gasteiger partial charge in [-0.05, 0) is 24.6 Å². The van der Waals surface area contributed by atoms with Crippen molar-refractivity contribution in [1.82, 2.24) is 9.97 Å². The Hall–Kier alpha value is -1.75. The summed E-state index contributed by atoms with van der Waals surface area (Å²) >= 11 is 5.86. The van der Waals surface area contributed by atoms with Gasteiger partial charge in [0.05, 0.1) is 5.69 Å². The van der Waals surface area contributed by atoms with Gasteiger partial charge in [-0.2, -0.15) is 4.39 Å².